The van der Waals surface area contributed by atoms with E-state index < -0.39 is 5.97 Å². The minimum Gasteiger partial charge on any atom is -0.478 e. The Hall–Kier alpha value is -2.09. The van der Waals surface area contributed by atoms with Crippen LogP contribution in [0.5, 0.6) is 0 Å². The second kappa shape index (κ2) is 5.30. The Morgan fingerprint density at radius 1 is 1.06 bits per heavy atom. The SMILES string of the molecule is O=C(O)c1ccc(CCc2c[c]ccc2)cc1. The van der Waals surface area contributed by atoms with E-state index in [0.29, 0.717) is 5.56 Å². The molecule has 0 saturated carbocycles. The standard InChI is InChI=1S/C15H13O2/c16-15(17)14-10-8-13(9-11-14)7-6-12-4-2-1-3-5-12/h1-2,4-5,8-11H,6-7H2,(H,16,17). The van der Waals surface area contributed by atoms with Gasteiger partial charge in [0.1, 0.15) is 0 Å². The Balaban J connectivity index is 1.98. The zero-order valence-electron chi connectivity index (χ0n) is 9.39. The van der Waals surface area contributed by atoms with Crippen molar-refractivity contribution in [2.75, 3.05) is 0 Å². The van der Waals surface area contributed by atoms with E-state index in [1.807, 2.05) is 30.3 Å². The molecule has 0 atom stereocenters. The van der Waals surface area contributed by atoms with Gasteiger partial charge in [-0.2, -0.15) is 0 Å². The molecule has 2 aromatic carbocycles. The van der Waals surface area contributed by atoms with Crippen molar-refractivity contribution in [3.63, 3.8) is 0 Å². The molecule has 0 aliphatic rings. The van der Waals surface area contributed by atoms with Gasteiger partial charge in [-0.1, -0.05) is 36.4 Å². The average Bonchev–Trinajstić information content (AvgIpc) is 2.38. The molecule has 0 aliphatic carbocycles. The van der Waals surface area contributed by atoms with Gasteiger partial charge in [0, 0.05) is 0 Å². The second-order valence-corrected chi connectivity index (χ2v) is 3.91. The van der Waals surface area contributed by atoms with Crippen molar-refractivity contribution >= 4 is 5.97 Å². The van der Waals surface area contributed by atoms with Gasteiger partial charge in [-0.25, -0.2) is 4.79 Å². The summed E-state index contributed by atoms with van der Waals surface area (Å²) in [6, 6.07) is 18.0. The molecule has 0 saturated heterocycles. The number of carbonyl (C=O) groups is 1. The fraction of sp³-hybridized carbons (Fsp3) is 0.133. The van der Waals surface area contributed by atoms with Crippen LogP contribution in [-0.4, -0.2) is 11.1 Å². The summed E-state index contributed by atoms with van der Waals surface area (Å²) in [5.41, 5.74) is 2.73. The lowest BCUT2D eigenvalue weighted by Crippen LogP contribution is -1.97. The minimum atomic E-state index is -0.880. The fourth-order valence-corrected chi connectivity index (χ4v) is 1.69. The van der Waals surface area contributed by atoms with Crippen molar-refractivity contribution in [3.8, 4) is 0 Å². The summed E-state index contributed by atoms with van der Waals surface area (Å²) in [5, 5.41) is 8.78. The van der Waals surface area contributed by atoms with Gasteiger partial charge in [-0.3, -0.25) is 0 Å². The zero-order valence-corrected chi connectivity index (χ0v) is 9.39. The lowest BCUT2D eigenvalue weighted by atomic mass is 10.0. The maximum absolute atomic E-state index is 10.7. The highest BCUT2D eigenvalue weighted by Crippen LogP contribution is 2.09. The summed E-state index contributed by atoms with van der Waals surface area (Å²) in [4.78, 5) is 10.7. The van der Waals surface area contributed by atoms with Crippen LogP contribution in [0.3, 0.4) is 0 Å². The number of aryl methyl sites for hydroxylation is 2. The van der Waals surface area contributed by atoms with E-state index in [4.69, 9.17) is 5.11 Å². The molecular formula is C15H13O2. The molecule has 2 rings (SSSR count). The van der Waals surface area contributed by atoms with Crippen LogP contribution < -0.4 is 0 Å². The van der Waals surface area contributed by atoms with Crippen molar-refractivity contribution in [2.45, 2.75) is 12.8 Å². The first kappa shape index (κ1) is 11.4. The summed E-state index contributed by atoms with van der Waals surface area (Å²) in [6.07, 6.45) is 1.86. The minimum absolute atomic E-state index is 0.335. The molecule has 2 aromatic rings. The highest BCUT2D eigenvalue weighted by Gasteiger charge is 2.01. The number of benzene rings is 2. The van der Waals surface area contributed by atoms with E-state index in [0.717, 1.165) is 18.4 Å². The Morgan fingerprint density at radius 3 is 2.35 bits per heavy atom. The van der Waals surface area contributed by atoms with Gasteiger partial charge in [0.25, 0.3) is 0 Å². The maximum atomic E-state index is 10.7. The number of carboxylic acids is 1. The van der Waals surface area contributed by atoms with Gasteiger partial charge in [-0.15, -0.1) is 0 Å². The third-order valence-electron chi connectivity index (χ3n) is 2.67. The molecule has 85 valence electrons. The topological polar surface area (TPSA) is 37.3 Å². The number of hydrogen-bond acceptors (Lipinski definition) is 1. The summed E-state index contributed by atoms with van der Waals surface area (Å²) in [5.74, 6) is -0.880. The van der Waals surface area contributed by atoms with Crippen molar-refractivity contribution in [1.82, 2.24) is 0 Å². The Bertz CT molecular complexity index is 486. The predicted octanol–water partition coefficient (Wildman–Crippen LogP) is 2.97. The molecule has 2 nitrogen and oxygen atoms in total. The molecule has 0 aliphatic heterocycles. The van der Waals surface area contributed by atoms with Gasteiger partial charge in [0.15, 0.2) is 0 Å². The van der Waals surface area contributed by atoms with Crippen molar-refractivity contribution in [3.05, 3.63) is 71.3 Å². The largest absolute Gasteiger partial charge is 0.478 e. The zero-order chi connectivity index (χ0) is 12.1. The lowest BCUT2D eigenvalue weighted by Gasteiger charge is -2.02. The normalized spacial score (nSPS) is 10.1. The Morgan fingerprint density at radius 2 is 1.76 bits per heavy atom. The van der Waals surface area contributed by atoms with Crippen LogP contribution in [0, 0.1) is 6.07 Å². The number of aromatic carboxylic acids is 1. The number of hydrogen-bond donors (Lipinski definition) is 1. The van der Waals surface area contributed by atoms with Gasteiger partial charge < -0.3 is 5.11 Å². The molecule has 2 heteroatoms. The molecular weight excluding hydrogens is 212 g/mol. The number of carboxylic acid groups (broad SMARTS) is 1. The van der Waals surface area contributed by atoms with E-state index in [-0.39, 0.29) is 0 Å². The molecule has 0 unspecified atom stereocenters. The van der Waals surface area contributed by atoms with Crippen LogP contribution in [0.2, 0.25) is 0 Å². The molecule has 0 heterocycles. The molecule has 0 aromatic heterocycles. The predicted molar refractivity (Wildman–Crippen MR) is 66.1 cm³/mol. The quantitative estimate of drug-likeness (QED) is 0.868. The van der Waals surface area contributed by atoms with Crippen LogP contribution in [0.4, 0.5) is 0 Å². The van der Waals surface area contributed by atoms with E-state index in [1.54, 1.807) is 12.1 Å². The van der Waals surface area contributed by atoms with Crippen LogP contribution in [0.25, 0.3) is 0 Å². The van der Waals surface area contributed by atoms with E-state index >= 15 is 0 Å². The summed E-state index contributed by atoms with van der Waals surface area (Å²) < 4.78 is 0. The fourth-order valence-electron chi connectivity index (χ4n) is 1.69. The summed E-state index contributed by atoms with van der Waals surface area (Å²) >= 11 is 0. The van der Waals surface area contributed by atoms with E-state index in [9.17, 15) is 4.79 Å². The van der Waals surface area contributed by atoms with Gasteiger partial charge in [0.2, 0.25) is 0 Å². The third kappa shape index (κ3) is 3.18. The van der Waals surface area contributed by atoms with E-state index in [2.05, 4.69) is 12.1 Å². The van der Waals surface area contributed by atoms with Gasteiger partial charge >= 0.3 is 5.97 Å². The maximum Gasteiger partial charge on any atom is 0.335 e. The Labute approximate surface area is 101 Å². The summed E-state index contributed by atoms with van der Waals surface area (Å²) in [6.45, 7) is 0. The first-order chi connectivity index (χ1) is 8.25. The lowest BCUT2D eigenvalue weighted by molar-refractivity contribution is 0.0697. The molecule has 0 spiro atoms. The monoisotopic (exact) mass is 225 g/mol. The molecule has 0 amide bonds. The average molecular weight is 225 g/mol. The Kier molecular flexibility index (Phi) is 3.55. The van der Waals surface area contributed by atoms with Crippen molar-refractivity contribution < 1.29 is 9.90 Å². The first-order valence-electron chi connectivity index (χ1n) is 5.53. The first-order valence-corrected chi connectivity index (χ1v) is 5.53. The van der Waals surface area contributed by atoms with Crippen molar-refractivity contribution in [1.29, 1.82) is 0 Å². The van der Waals surface area contributed by atoms with Crippen LogP contribution in [0.1, 0.15) is 21.5 Å². The van der Waals surface area contributed by atoms with Crippen LogP contribution >= 0.6 is 0 Å². The molecule has 17 heavy (non-hydrogen) atoms. The smallest absolute Gasteiger partial charge is 0.335 e. The highest BCUT2D eigenvalue weighted by molar-refractivity contribution is 5.87. The molecule has 1 radical (unpaired) electrons. The molecule has 1 N–H and O–H groups in total. The second-order valence-electron chi connectivity index (χ2n) is 3.91. The van der Waals surface area contributed by atoms with E-state index in [1.165, 1.54) is 5.56 Å². The number of rotatable bonds is 4. The van der Waals surface area contributed by atoms with Gasteiger partial charge in [-0.05, 0) is 42.2 Å². The highest BCUT2D eigenvalue weighted by atomic mass is 16.4. The van der Waals surface area contributed by atoms with Crippen molar-refractivity contribution in [2.24, 2.45) is 0 Å². The molecule has 0 fully saturated rings. The summed E-state index contributed by atoms with van der Waals surface area (Å²) in [7, 11) is 0. The van der Waals surface area contributed by atoms with Crippen LogP contribution in [0.15, 0.2) is 48.5 Å². The third-order valence-corrected chi connectivity index (χ3v) is 2.67. The van der Waals surface area contributed by atoms with Crippen LogP contribution in [-0.2, 0) is 12.8 Å². The van der Waals surface area contributed by atoms with Gasteiger partial charge in [0.05, 0.1) is 5.56 Å². The molecule has 0 bridgehead atoms.